The van der Waals surface area contributed by atoms with E-state index in [2.05, 4.69) is 4.98 Å². The molecule has 2 heterocycles. The third kappa shape index (κ3) is 4.34. The normalized spacial score (nSPS) is 17.6. The van der Waals surface area contributed by atoms with Crippen molar-refractivity contribution in [3.63, 3.8) is 0 Å². The standard InChI is InChI=1S/C15H19F3N2O3/c1-14(2,3)23-13(22)20-7-10(8-20)12(21)9-4-5-11(19-6-9)15(16,17)18/h4-6,10,12,21H,7-8H2,1-3H3. The highest BCUT2D eigenvalue weighted by Crippen LogP contribution is 2.32. The van der Waals surface area contributed by atoms with E-state index in [-0.39, 0.29) is 19.0 Å². The summed E-state index contributed by atoms with van der Waals surface area (Å²) < 4.78 is 42.5. The number of carbonyl (C=O) groups excluding carboxylic acids is 1. The van der Waals surface area contributed by atoms with Crippen LogP contribution in [0.3, 0.4) is 0 Å². The lowest BCUT2D eigenvalue weighted by molar-refractivity contribution is -0.141. The minimum absolute atomic E-state index is 0.249. The zero-order chi connectivity index (χ0) is 17.4. The molecule has 1 aromatic rings. The van der Waals surface area contributed by atoms with Crippen LogP contribution >= 0.6 is 0 Å². The third-order valence-electron chi connectivity index (χ3n) is 3.43. The number of amides is 1. The molecule has 0 radical (unpaired) electrons. The molecule has 1 aliphatic heterocycles. The summed E-state index contributed by atoms with van der Waals surface area (Å²) >= 11 is 0. The van der Waals surface area contributed by atoms with Gasteiger partial charge < -0.3 is 14.7 Å². The maximum absolute atomic E-state index is 12.4. The summed E-state index contributed by atoms with van der Waals surface area (Å²) in [6.07, 6.45) is -4.92. The van der Waals surface area contributed by atoms with Crippen molar-refractivity contribution < 1.29 is 27.8 Å². The van der Waals surface area contributed by atoms with E-state index in [0.29, 0.717) is 5.56 Å². The summed E-state index contributed by atoms with van der Waals surface area (Å²) in [6, 6.07) is 2.04. The second-order valence-corrected chi connectivity index (χ2v) is 6.56. The molecule has 5 nitrogen and oxygen atoms in total. The quantitative estimate of drug-likeness (QED) is 0.904. The van der Waals surface area contributed by atoms with E-state index < -0.39 is 29.7 Å². The lowest BCUT2D eigenvalue weighted by Crippen LogP contribution is -2.53. The molecule has 1 unspecified atom stereocenters. The molecule has 0 aliphatic carbocycles. The zero-order valence-electron chi connectivity index (χ0n) is 13.1. The average Bonchev–Trinajstić information content (AvgIpc) is 2.33. The lowest BCUT2D eigenvalue weighted by atomic mass is 9.90. The van der Waals surface area contributed by atoms with Crippen LogP contribution in [0.1, 0.15) is 38.1 Å². The number of halogens is 3. The number of hydrogen-bond donors (Lipinski definition) is 1. The van der Waals surface area contributed by atoms with Crippen LogP contribution in [-0.2, 0) is 10.9 Å². The second-order valence-electron chi connectivity index (χ2n) is 6.56. The predicted octanol–water partition coefficient (Wildman–Crippen LogP) is 3.00. The highest BCUT2D eigenvalue weighted by atomic mass is 19.4. The van der Waals surface area contributed by atoms with Gasteiger partial charge >= 0.3 is 12.3 Å². The number of likely N-dealkylation sites (tertiary alicyclic amines) is 1. The first-order chi connectivity index (χ1) is 10.5. The van der Waals surface area contributed by atoms with Gasteiger partial charge in [0, 0.05) is 25.2 Å². The van der Waals surface area contributed by atoms with Crippen LogP contribution in [0, 0.1) is 5.92 Å². The van der Waals surface area contributed by atoms with Crippen molar-refractivity contribution in [1.82, 2.24) is 9.88 Å². The van der Waals surface area contributed by atoms with Crippen LogP contribution in [0.5, 0.6) is 0 Å². The van der Waals surface area contributed by atoms with Crippen molar-refractivity contribution in [2.75, 3.05) is 13.1 Å². The van der Waals surface area contributed by atoms with Gasteiger partial charge in [0.2, 0.25) is 0 Å². The highest BCUT2D eigenvalue weighted by Gasteiger charge is 2.38. The summed E-state index contributed by atoms with van der Waals surface area (Å²) in [4.78, 5) is 16.6. The van der Waals surface area contributed by atoms with Crippen molar-refractivity contribution in [2.24, 2.45) is 5.92 Å². The molecular weight excluding hydrogens is 313 g/mol. The Bertz CT molecular complexity index is 561. The third-order valence-corrected chi connectivity index (χ3v) is 3.43. The summed E-state index contributed by atoms with van der Waals surface area (Å²) in [5, 5.41) is 10.2. The molecule has 1 atom stereocenters. The molecule has 0 saturated carbocycles. The van der Waals surface area contributed by atoms with Gasteiger partial charge in [0.15, 0.2) is 0 Å². The number of nitrogens with zero attached hydrogens (tertiary/aromatic N) is 2. The molecule has 1 aromatic heterocycles. The second kappa shape index (κ2) is 5.99. The molecule has 0 bridgehead atoms. The van der Waals surface area contributed by atoms with Crippen LogP contribution in [0.25, 0.3) is 0 Å². The Morgan fingerprint density at radius 1 is 1.35 bits per heavy atom. The number of carbonyl (C=O) groups is 1. The SMILES string of the molecule is CC(C)(C)OC(=O)N1CC(C(O)c2ccc(C(F)(F)F)nc2)C1. The van der Waals surface area contributed by atoms with E-state index in [9.17, 15) is 23.1 Å². The minimum atomic E-state index is -4.51. The fourth-order valence-electron chi connectivity index (χ4n) is 2.21. The fourth-order valence-corrected chi connectivity index (χ4v) is 2.21. The largest absolute Gasteiger partial charge is 0.444 e. The van der Waals surface area contributed by atoms with Crippen molar-refractivity contribution >= 4 is 6.09 Å². The first-order valence-electron chi connectivity index (χ1n) is 7.16. The predicted molar refractivity (Wildman–Crippen MR) is 75.5 cm³/mol. The summed E-state index contributed by atoms with van der Waals surface area (Å²) in [6.45, 7) is 5.84. The summed E-state index contributed by atoms with van der Waals surface area (Å²) in [5.74, 6) is -0.249. The molecule has 1 amide bonds. The lowest BCUT2D eigenvalue weighted by Gasteiger charge is -2.41. The number of aliphatic hydroxyl groups excluding tert-OH is 1. The van der Waals surface area contributed by atoms with Gasteiger partial charge in [0.05, 0.1) is 6.10 Å². The van der Waals surface area contributed by atoms with Crippen LogP contribution in [0.15, 0.2) is 18.3 Å². The van der Waals surface area contributed by atoms with Gasteiger partial charge in [-0.1, -0.05) is 6.07 Å². The van der Waals surface area contributed by atoms with E-state index in [1.165, 1.54) is 11.0 Å². The summed E-state index contributed by atoms with van der Waals surface area (Å²) in [7, 11) is 0. The highest BCUT2D eigenvalue weighted by molar-refractivity contribution is 5.69. The number of pyridine rings is 1. The fraction of sp³-hybridized carbons (Fsp3) is 0.600. The van der Waals surface area contributed by atoms with E-state index in [1.807, 2.05) is 0 Å². The first kappa shape index (κ1) is 17.5. The molecule has 1 aliphatic rings. The van der Waals surface area contributed by atoms with Gasteiger partial charge in [0.1, 0.15) is 11.3 Å². The van der Waals surface area contributed by atoms with Crippen LogP contribution in [0.2, 0.25) is 0 Å². The van der Waals surface area contributed by atoms with Gasteiger partial charge in [0.25, 0.3) is 0 Å². The van der Waals surface area contributed by atoms with E-state index in [0.717, 1.165) is 12.3 Å². The van der Waals surface area contributed by atoms with E-state index in [1.54, 1.807) is 20.8 Å². The Hall–Kier alpha value is -1.83. The molecule has 2 rings (SSSR count). The Kier molecular flexibility index (Phi) is 4.57. The minimum Gasteiger partial charge on any atom is -0.444 e. The molecule has 128 valence electrons. The zero-order valence-corrected chi connectivity index (χ0v) is 13.1. The summed E-state index contributed by atoms with van der Waals surface area (Å²) in [5.41, 5.74) is -1.30. The average molecular weight is 332 g/mol. The van der Waals surface area contributed by atoms with Gasteiger partial charge in [-0.15, -0.1) is 0 Å². The molecule has 1 saturated heterocycles. The molecule has 0 aromatic carbocycles. The number of aliphatic hydroxyl groups is 1. The van der Waals surface area contributed by atoms with Crippen LogP contribution in [0.4, 0.5) is 18.0 Å². The topological polar surface area (TPSA) is 62.7 Å². The number of alkyl halides is 3. The number of hydrogen-bond acceptors (Lipinski definition) is 4. The Morgan fingerprint density at radius 2 is 1.96 bits per heavy atom. The van der Waals surface area contributed by atoms with E-state index in [4.69, 9.17) is 4.74 Å². The molecular formula is C15H19F3N2O3. The first-order valence-corrected chi connectivity index (χ1v) is 7.16. The van der Waals surface area contributed by atoms with Crippen molar-refractivity contribution in [3.8, 4) is 0 Å². The Labute approximate surface area is 132 Å². The molecule has 1 fully saturated rings. The number of aromatic nitrogens is 1. The van der Waals surface area contributed by atoms with Crippen molar-refractivity contribution in [1.29, 1.82) is 0 Å². The van der Waals surface area contributed by atoms with Gasteiger partial charge in [-0.05, 0) is 32.4 Å². The van der Waals surface area contributed by atoms with Crippen LogP contribution in [-0.4, -0.2) is 39.8 Å². The Morgan fingerprint density at radius 3 is 2.39 bits per heavy atom. The van der Waals surface area contributed by atoms with Crippen molar-refractivity contribution in [2.45, 2.75) is 38.7 Å². The number of rotatable bonds is 2. The Balaban J connectivity index is 1.91. The van der Waals surface area contributed by atoms with E-state index >= 15 is 0 Å². The maximum Gasteiger partial charge on any atom is 0.433 e. The van der Waals surface area contributed by atoms with Gasteiger partial charge in [-0.2, -0.15) is 13.2 Å². The van der Waals surface area contributed by atoms with Gasteiger partial charge in [-0.3, -0.25) is 4.98 Å². The van der Waals surface area contributed by atoms with Gasteiger partial charge in [-0.25, -0.2) is 4.79 Å². The molecule has 1 N–H and O–H groups in total. The molecule has 0 spiro atoms. The van der Waals surface area contributed by atoms with Crippen molar-refractivity contribution in [3.05, 3.63) is 29.6 Å². The molecule has 8 heteroatoms. The monoisotopic (exact) mass is 332 g/mol. The molecule has 23 heavy (non-hydrogen) atoms. The maximum atomic E-state index is 12.4. The van der Waals surface area contributed by atoms with Crippen LogP contribution < -0.4 is 0 Å². The smallest absolute Gasteiger partial charge is 0.433 e. The number of ether oxygens (including phenoxy) is 1.